The maximum absolute atomic E-state index is 13.2. The Labute approximate surface area is 154 Å². The topological polar surface area (TPSA) is 52.7 Å². The van der Waals surface area contributed by atoms with Crippen LogP contribution in [0.4, 0.5) is 0 Å². The molecule has 0 aliphatic carbocycles. The third kappa shape index (κ3) is 3.67. The number of hydrogen-bond donors (Lipinski definition) is 1. The maximum Gasteiger partial charge on any atom is 0.236 e. The maximum atomic E-state index is 13.2. The Morgan fingerprint density at radius 3 is 2.76 bits per heavy atom. The van der Waals surface area contributed by atoms with Gasteiger partial charge in [-0.1, -0.05) is 29.8 Å². The van der Waals surface area contributed by atoms with Gasteiger partial charge in [-0.05, 0) is 38.3 Å². The van der Waals surface area contributed by atoms with Gasteiger partial charge in [0.05, 0.1) is 12.0 Å². The molecule has 136 valence electrons. The second-order valence-corrected chi connectivity index (χ2v) is 7.82. The summed E-state index contributed by atoms with van der Waals surface area (Å²) in [6.07, 6.45) is 1.88. The Morgan fingerprint density at radius 1 is 1.28 bits per heavy atom. The molecule has 2 saturated heterocycles. The zero-order chi connectivity index (χ0) is 18.0. The van der Waals surface area contributed by atoms with Gasteiger partial charge in [-0.25, -0.2) is 0 Å². The number of halogens is 1. The van der Waals surface area contributed by atoms with Gasteiger partial charge in [-0.3, -0.25) is 9.59 Å². The Kier molecular flexibility index (Phi) is 5.35. The van der Waals surface area contributed by atoms with Crippen LogP contribution in [-0.2, 0) is 15.0 Å². The highest BCUT2D eigenvalue weighted by atomic mass is 35.5. The lowest BCUT2D eigenvalue weighted by Gasteiger charge is -2.43. The number of piperidine rings is 1. The van der Waals surface area contributed by atoms with Crippen LogP contribution >= 0.6 is 11.6 Å². The number of carbonyl (C=O) groups is 2. The van der Waals surface area contributed by atoms with Crippen molar-refractivity contribution >= 4 is 23.4 Å². The summed E-state index contributed by atoms with van der Waals surface area (Å²) in [5.41, 5.74) is 0.162. The van der Waals surface area contributed by atoms with E-state index in [0.717, 1.165) is 38.0 Å². The van der Waals surface area contributed by atoms with E-state index in [0.29, 0.717) is 18.1 Å². The minimum atomic E-state index is -0.687. The largest absolute Gasteiger partial charge is 0.340 e. The zero-order valence-electron chi connectivity index (χ0n) is 14.9. The van der Waals surface area contributed by atoms with Crippen LogP contribution in [0, 0.1) is 0 Å². The lowest BCUT2D eigenvalue weighted by atomic mass is 9.82. The molecule has 2 aliphatic heterocycles. The smallest absolute Gasteiger partial charge is 0.236 e. The highest BCUT2D eigenvalue weighted by Gasteiger charge is 2.38. The summed E-state index contributed by atoms with van der Waals surface area (Å²) in [7, 11) is 0. The summed E-state index contributed by atoms with van der Waals surface area (Å²) in [6, 6.07) is 7.65. The van der Waals surface area contributed by atoms with Gasteiger partial charge in [0.1, 0.15) is 0 Å². The van der Waals surface area contributed by atoms with Crippen LogP contribution in [0.5, 0.6) is 0 Å². The number of hydrogen-bond acceptors (Lipinski definition) is 3. The third-order valence-electron chi connectivity index (χ3n) is 5.33. The highest BCUT2D eigenvalue weighted by Crippen LogP contribution is 2.32. The molecule has 2 amide bonds. The quantitative estimate of drug-likeness (QED) is 0.894. The van der Waals surface area contributed by atoms with Gasteiger partial charge in [0.2, 0.25) is 11.8 Å². The number of benzene rings is 1. The average Bonchev–Trinajstić information content (AvgIpc) is 2.62. The van der Waals surface area contributed by atoms with Crippen LogP contribution in [0.25, 0.3) is 0 Å². The van der Waals surface area contributed by atoms with Crippen LogP contribution in [0.2, 0.25) is 5.02 Å². The molecule has 25 heavy (non-hydrogen) atoms. The zero-order valence-corrected chi connectivity index (χ0v) is 15.7. The van der Waals surface area contributed by atoms with Gasteiger partial charge in [0.25, 0.3) is 0 Å². The van der Waals surface area contributed by atoms with Crippen molar-refractivity contribution in [2.75, 3.05) is 32.7 Å². The fraction of sp³-hybridized carbons (Fsp3) is 0.579. The third-order valence-corrected chi connectivity index (χ3v) is 5.66. The lowest BCUT2D eigenvalue weighted by Crippen LogP contribution is -2.58. The first-order valence-electron chi connectivity index (χ1n) is 8.96. The molecule has 0 saturated carbocycles. The predicted octanol–water partition coefficient (Wildman–Crippen LogP) is 2.04. The fourth-order valence-electron chi connectivity index (χ4n) is 3.88. The number of likely N-dealkylation sites (tertiary alicyclic amines) is 1. The van der Waals surface area contributed by atoms with Crippen molar-refractivity contribution in [2.24, 2.45) is 0 Å². The number of nitrogens with zero attached hydrogens (tertiary/aromatic N) is 2. The molecule has 1 aromatic carbocycles. The highest BCUT2D eigenvalue weighted by molar-refractivity contribution is 6.31. The van der Waals surface area contributed by atoms with Crippen molar-refractivity contribution in [1.82, 2.24) is 15.1 Å². The summed E-state index contributed by atoms with van der Waals surface area (Å²) in [6.45, 7) is 7.14. The molecule has 1 N–H and O–H groups in total. The second-order valence-electron chi connectivity index (χ2n) is 7.42. The van der Waals surface area contributed by atoms with Crippen molar-refractivity contribution in [3.05, 3.63) is 34.9 Å². The predicted molar refractivity (Wildman–Crippen MR) is 98.7 cm³/mol. The molecule has 0 radical (unpaired) electrons. The first-order valence-corrected chi connectivity index (χ1v) is 9.33. The van der Waals surface area contributed by atoms with Crippen molar-refractivity contribution in [1.29, 1.82) is 0 Å². The summed E-state index contributed by atoms with van der Waals surface area (Å²) in [5, 5.41) is 3.72. The van der Waals surface area contributed by atoms with E-state index in [1.54, 1.807) is 0 Å². The van der Waals surface area contributed by atoms with E-state index in [1.165, 1.54) is 0 Å². The van der Waals surface area contributed by atoms with E-state index in [4.69, 9.17) is 11.6 Å². The van der Waals surface area contributed by atoms with Gasteiger partial charge in [0, 0.05) is 37.2 Å². The van der Waals surface area contributed by atoms with Crippen LogP contribution in [0.15, 0.2) is 24.3 Å². The van der Waals surface area contributed by atoms with Crippen molar-refractivity contribution < 1.29 is 9.59 Å². The molecule has 2 aliphatic rings. The molecule has 1 unspecified atom stereocenters. The first-order chi connectivity index (χ1) is 11.9. The van der Waals surface area contributed by atoms with E-state index in [-0.39, 0.29) is 17.9 Å². The lowest BCUT2D eigenvalue weighted by molar-refractivity contribution is -0.143. The normalized spacial score (nSPS) is 22.2. The fourth-order valence-corrected chi connectivity index (χ4v) is 4.25. The van der Waals surface area contributed by atoms with E-state index >= 15 is 0 Å². The summed E-state index contributed by atoms with van der Waals surface area (Å²) in [5.74, 6) is 0.212. The molecule has 0 aromatic heterocycles. The van der Waals surface area contributed by atoms with Crippen LogP contribution < -0.4 is 5.32 Å². The summed E-state index contributed by atoms with van der Waals surface area (Å²) in [4.78, 5) is 29.3. The molecule has 1 atom stereocenters. The Morgan fingerprint density at radius 2 is 2.04 bits per heavy atom. The average molecular weight is 364 g/mol. The van der Waals surface area contributed by atoms with E-state index < -0.39 is 5.41 Å². The number of amides is 2. The Hall–Kier alpha value is -1.59. The van der Waals surface area contributed by atoms with Crippen LogP contribution in [-0.4, -0.2) is 60.4 Å². The minimum Gasteiger partial charge on any atom is -0.340 e. The van der Waals surface area contributed by atoms with E-state index in [2.05, 4.69) is 5.32 Å². The number of nitrogens with one attached hydrogen (secondary N) is 1. The molecule has 2 fully saturated rings. The van der Waals surface area contributed by atoms with E-state index in [9.17, 15) is 9.59 Å². The van der Waals surface area contributed by atoms with Crippen LogP contribution in [0.1, 0.15) is 32.3 Å². The van der Waals surface area contributed by atoms with Crippen LogP contribution in [0.3, 0.4) is 0 Å². The molecule has 3 rings (SSSR count). The summed E-state index contributed by atoms with van der Waals surface area (Å²) < 4.78 is 0. The minimum absolute atomic E-state index is 0.0767. The van der Waals surface area contributed by atoms with Gasteiger partial charge in [0.15, 0.2) is 0 Å². The van der Waals surface area contributed by atoms with Gasteiger partial charge in [-0.15, -0.1) is 0 Å². The standard InChI is InChI=1S/C19H26ClN3O2/c1-19(2,15-7-3-4-8-16(15)20)18(25)22-10-5-6-14(13-22)23-11-9-21-12-17(23)24/h3-4,7-8,14,21H,5-6,9-13H2,1-2H3. The molecular weight excluding hydrogens is 338 g/mol. The molecule has 5 nitrogen and oxygen atoms in total. The monoisotopic (exact) mass is 363 g/mol. The molecule has 0 bridgehead atoms. The van der Waals surface area contributed by atoms with Crippen molar-refractivity contribution in [3.8, 4) is 0 Å². The molecule has 6 heteroatoms. The van der Waals surface area contributed by atoms with Gasteiger partial charge >= 0.3 is 0 Å². The molecule has 0 spiro atoms. The number of piperazine rings is 1. The molecule has 1 aromatic rings. The number of rotatable bonds is 3. The first kappa shape index (κ1) is 18.2. The second kappa shape index (κ2) is 7.34. The molecule has 2 heterocycles. The van der Waals surface area contributed by atoms with Gasteiger partial charge in [-0.2, -0.15) is 0 Å². The SMILES string of the molecule is CC(C)(C(=O)N1CCCC(N2CCNCC2=O)C1)c1ccccc1Cl. The van der Waals surface area contributed by atoms with Crippen molar-refractivity contribution in [2.45, 2.75) is 38.1 Å². The summed E-state index contributed by atoms with van der Waals surface area (Å²) >= 11 is 6.33. The number of carbonyl (C=O) groups excluding carboxylic acids is 2. The molecular formula is C19H26ClN3O2. The van der Waals surface area contributed by atoms with Gasteiger partial charge < -0.3 is 15.1 Å². The van der Waals surface area contributed by atoms with Crippen molar-refractivity contribution in [3.63, 3.8) is 0 Å². The Balaban J connectivity index is 1.75. The van der Waals surface area contributed by atoms with E-state index in [1.807, 2.05) is 47.9 Å². The Bertz CT molecular complexity index is 662.